The van der Waals surface area contributed by atoms with Gasteiger partial charge in [0.25, 0.3) is 0 Å². The van der Waals surface area contributed by atoms with Gasteiger partial charge in [0.15, 0.2) is 0 Å². The molecule has 7 nitrogen and oxygen atoms in total. The summed E-state index contributed by atoms with van der Waals surface area (Å²) in [5.74, 6) is -1.87. The molecular formula is C15H26N2O5. The zero-order valence-corrected chi connectivity index (χ0v) is 13.4. The molecule has 1 fully saturated rings. The Hall–Kier alpha value is -1.63. The van der Waals surface area contributed by atoms with Crippen molar-refractivity contribution in [1.82, 2.24) is 10.2 Å². The summed E-state index contributed by atoms with van der Waals surface area (Å²) in [6, 6.07) is -1.57. The first-order valence-corrected chi connectivity index (χ1v) is 7.78. The highest BCUT2D eigenvalue weighted by molar-refractivity contribution is 5.91. The largest absolute Gasteiger partial charge is 0.480 e. The minimum atomic E-state index is -1.01. The van der Waals surface area contributed by atoms with Crippen molar-refractivity contribution in [3.05, 3.63) is 0 Å². The number of amides is 2. The third-order valence-electron chi connectivity index (χ3n) is 4.10. The summed E-state index contributed by atoms with van der Waals surface area (Å²) < 4.78 is 0. The number of likely N-dealkylation sites (tertiary alicyclic amines) is 1. The number of aliphatic hydroxyl groups is 1. The van der Waals surface area contributed by atoms with Gasteiger partial charge in [-0.1, -0.05) is 20.3 Å². The highest BCUT2D eigenvalue weighted by atomic mass is 16.4. The van der Waals surface area contributed by atoms with Crippen molar-refractivity contribution >= 4 is 17.8 Å². The van der Waals surface area contributed by atoms with Gasteiger partial charge in [-0.3, -0.25) is 9.59 Å². The average Bonchev–Trinajstić information content (AvgIpc) is 2.92. The highest BCUT2D eigenvalue weighted by Crippen LogP contribution is 2.21. The molecule has 0 spiro atoms. The van der Waals surface area contributed by atoms with Gasteiger partial charge in [0, 0.05) is 6.54 Å². The van der Waals surface area contributed by atoms with Crippen LogP contribution in [0.15, 0.2) is 0 Å². The third-order valence-corrected chi connectivity index (χ3v) is 4.10. The van der Waals surface area contributed by atoms with Crippen LogP contribution in [-0.2, 0) is 14.4 Å². The van der Waals surface area contributed by atoms with Crippen LogP contribution in [0.25, 0.3) is 0 Å². The normalized spacial score (nSPS) is 22.0. The first-order valence-electron chi connectivity index (χ1n) is 7.78. The van der Waals surface area contributed by atoms with E-state index in [1.807, 2.05) is 13.8 Å². The summed E-state index contributed by atoms with van der Waals surface area (Å²) >= 11 is 0. The van der Waals surface area contributed by atoms with Crippen molar-refractivity contribution in [3.8, 4) is 0 Å². The molecule has 1 saturated heterocycles. The fourth-order valence-electron chi connectivity index (χ4n) is 2.65. The van der Waals surface area contributed by atoms with Gasteiger partial charge in [-0.25, -0.2) is 4.79 Å². The molecule has 2 amide bonds. The molecule has 1 aliphatic heterocycles. The molecule has 0 saturated carbocycles. The van der Waals surface area contributed by atoms with Crippen molar-refractivity contribution < 1.29 is 24.6 Å². The number of hydrogen-bond acceptors (Lipinski definition) is 4. The van der Waals surface area contributed by atoms with Gasteiger partial charge in [0.1, 0.15) is 12.1 Å². The summed E-state index contributed by atoms with van der Waals surface area (Å²) in [6.45, 7) is 5.65. The van der Waals surface area contributed by atoms with Gasteiger partial charge in [-0.2, -0.15) is 0 Å². The maximum atomic E-state index is 12.7. The summed E-state index contributed by atoms with van der Waals surface area (Å²) in [5.41, 5.74) is 0. The van der Waals surface area contributed by atoms with Crippen molar-refractivity contribution in [2.45, 2.75) is 64.6 Å². The monoisotopic (exact) mass is 314 g/mol. The quantitative estimate of drug-likeness (QED) is 0.629. The lowest BCUT2D eigenvalue weighted by Crippen LogP contribution is -2.54. The molecular weight excluding hydrogens is 288 g/mol. The van der Waals surface area contributed by atoms with Gasteiger partial charge in [-0.15, -0.1) is 0 Å². The molecule has 1 rings (SSSR count). The van der Waals surface area contributed by atoms with E-state index in [4.69, 9.17) is 0 Å². The standard InChI is InChI=1S/C15H26N2O5/c1-4-9(2)13(16-12(19)8-10(3)18)14(20)17-7-5-6-11(17)15(21)22/h9-11,13,18H,4-8H2,1-3H3,(H,16,19)(H,21,22)/t9?,10?,11-,13?/m0/s1. The Morgan fingerprint density at radius 3 is 2.45 bits per heavy atom. The van der Waals surface area contributed by atoms with E-state index in [-0.39, 0.29) is 18.2 Å². The molecule has 0 radical (unpaired) electrons. The maximum absolute atomic E-state index is 12.7. The van der Waals surface area contributed by atoms with Crippen LogP contribution in [0.3, 0.4) is 0 Å². The number of nitrogens with one attached hydrogen (secondary N) is 1. The summed E-state index contributed by atoms with van der Waals surface area (Å²) in [6.07, 6.45) is 0.902. The lowest BCUT2D eigenvalue weighted by atomic mass is 9.97. The number of carboxylic acids is 1. The zero-order chi connectivity index (χ0) is 16.9. The predicted octanol–water partition coefficient (Wildman–Crippen LogP) is 0.364. The van der Waals surface area contributed by atoms with Crippen LogP contribution < -0.4 is 5.32 Å². The van der Waals surface area contributed by atoms with Gasteiger partial charge < -0.3 is 20.4 Å². The minimum Gasteiger partial charge on any atom is -0.480 e. The van der Waals surface area contributed by atoms with Crippen molar-refractivity contribution in [1.29, 1.82) is 0 Å². The number of nitrogens with zero attached hydrogens (tertiary/aromatic N) is 1. The van der Waals surface area contributed by atoms with Crippen LogP contribution in [0.1, 0.15) is 46.5 Å². The number of rotatable bonds is 7. The molecule has 3 N–H and O–H groups in total. The molecule has 0 aromatic carbocycles. The smallest absolute Gasteiger partial charge is 0.326 e. The van der Waals surface area contributed by atoms with E-state index in [0.29, 0.717) is 25.8 Å². The Labute approximate surface area is 130 Å². The Balaban J connectivity index is 2.84. The van der Waals surface area contributed by atoms with Crippen molar-refractivity contribution in [3.63, 3.8) is 0 Å². The van der Waals surface area contributed by atoms with Gasteiger partial charge in [-0.05, 0) is 25.7 Å². The van der Waals surface area contributed by atoms with Gasteiger partial charge in [0.05, 0.1) is 12.5 Å². The fraction of sp³-hybridized carbons (Fsp3) is 0.800. The lowest BCUT2D eigenvalue weighted by Gasteiger charge is -2.30. The summed E-state index contributed by atoms with van der Waals surface area (Å²) in [5, 5.41) is 21.1. The van der Waals surface area contributed by atoms with Crippen LogP contribution in [0.2, 0.25) is 0 Å². The molecule has 0 aromatic rings. The first-order chi connectivity index (χ1) is 10.3. The molecule has 1 aliphatic rings. The van der Waals surface area contributed by atoms with Crippen molar-refractivity contribution in [2.75, 3.05) is 6.54 Å². The van der Waals surface area contributed by atoms with Crippen molar-refractivity contribution in [2.24, 2.45) is 5.92 Å². The molecule has 22 heavy (non-hydrogen) atoms. The second kappa shape index (κ2) is 8.12. The van der Waals surface area contributed by atoms with Crippen LogP contribution in [0.5, 0.6) is 0 Å². The number of carbonyl (C=O) groups excluding carboxylic acids is 2. The number of aliphatic hydroxyl groups excluding tert-OH is 1. The van der Waals surface area contributed by atoms with E-state index in [2.05, 4.69) is 5.32 Å². The van der Waals surface area contributed by atoms with Crippen LogP contribution in [0.4, 0.5) is 0 Å². The molecule has 3 unspecified atom stereocenters. The Morgan fingerprint density at radius 1 is 1.32 bits per heavy atom. The SMILES string of the molecule is CCC(C)C(NC(=O)CC(C)O)C(=O)N1CCC[C@H]1C(=O)O. The molecule has 4 atom stereocenters. The molecule has 126 valence electrons. The number of aliphatic carboxylic acids is 1. The van der Waals surface area contributed by atoms with E-state index in [9.17, 15) is 24.6 Å². The first kappa shape index (κ1) is 18.4. The van der Waals surface area contributed by atoms with Gasteiger partial charge in [0.2, 0.25) is 11.8 Å². The Bertz CT molecular complexity index is 424. The maximum Gasteiger partial charge on any atom is 0.326 e. The number of hydrogen-bond donors (Lipinski definition) is 3. The topological polar surface area (TPSA) is 107 Å². The molecule has 0 aromatic heterocycles. The lowest BCUT2D eigenvalue weighted by molar-refractivity contribution is -0.150. The van der Waals surface area contributed by atoms with E-state index in [1.165, 1.54) is 11.8 Å². The molecule has 7 heteroatoms. The fourth-order valence-corrected chi connectivity index (χ4v) is 2.65. The second-order valence-electron chi connectivity index (χ2n) is 6.01. The van der Waals surface area contributed by atoms with Crippen LogP contribution in [-0.4, -0.2) is 57.6 Å². The summed E-state index contributed by atoms with van der Waals surface area (Å²) in [7, 11) is 0. The third kappa shape index (κ3) is 4.69. The number of carbonyl (C=O) groups is 3. The molecule has 0 bridgehead atoms. The zero-order valence-electron chi connectivity index (χ0n) is 13.4. The minimum absolute atomic E-state index is 0.0808. The van der Waals surface area contributed by atoms with E-state index in [1.54, 1.807) is 0 Å². The van der Waals surface area contributed by atoms with E-state index >= 15 is 0 Å². The number of carboxylic acid groups (broad SMARTS) is 1. The highest BCUT2D eigenvalue weighted by Gasteiger charge is 2.39. The Morgan fingerprint density at radius 2 is 1.95 bits per heavy atom. The molecule has 0 aliphatic carbocycles. The van der Waals surface area contributed by atoms with Gasteiger partial charge >= 0.3 is 5.97 Å². The van der Waals surface area contributed by atoms with E-state index < -0.39 is 30.1 Å². The van der Waals surface area contributed by atoms with Crippen LogP contribution in [0, 0.1) is 5.92 Å². The average molecular weight is 314 g/mol. The Kier molecular flexibility index (Phi) is 6.80. The van der Waals surface area contributed by atoms with E-state index in [0.717, 1.165) is 0 Å². The molecule has 1 heterocycles. The van der Waals surface area contributed by atoms with Crippen LogP contribution >= 0.6 is 0 Å². The predicted molar refractivity (Wildman–Crippen MR) is 80.1 cm³/mol. The second-order valence-corrected chi connectivity index (χ2v) is 6.01. The summed E-state index contributed by atoms with van der Waals surface area (Å²) in [4.78, 5) is 37.1.